The van der Waals surface area contributed by atoms with Gasteiger partial charge in [0.1, 0.15) is 8.07 Å². The fourth-order valence-electron chi connectivity index (χ4n) is 13.2. The van der Waals surface area contributed by atoms with Crippen LogP contribution in [0.1, 0.15) is 22.3 Å². The molecule has 3 nitrogen and oxygen atoms in total. The van der Waals surface area contributed by atoms with E-state index in [-0.39, 0.29) is 6.99 Å². The van der Waals surface area contributed by atoms with E-state index in [0.29, 0.717) is 0 Å². The average Bonchev–Trinajstić information content (AvgIpc) is 1.58. The van der Waals surface area contributed by atoms with E-state index in [1.54, 1.807) is 0 Å². The van der Waals surface area contributed by atoms with Gasteiger partial charge in [-0.1, -0.05) is 334 Å². The first kappa shape index (κ1) is 67.8. The minimum absolute atomic E-state index is 0.0221. The number of rotatable bonds is 14. The summed E-state index contributed by atoms with van der Waals surface area (Å²) in [7, 11) is 11.1. The average molecular weight is 1370 g/mol. The van der Waals surface area contributed by atoms with Gasteiger partial charge in [-0.15, -0.1) is 0 Å². The molecule has 0 aliphatic carbocycles. The molecule has 1 aliphatic heterocycles. The fourth-order valence-corrected chi connectivity index (χ4v) is 17.0. The van der Waals surface area contributed by atoms with Crippen LogP contribution in [0.4, 0.5) is 34.1 Å². The largest absolute Gasteiger partial charge is 0.344 e. The molecule has 0 aromatic heterocycles. The van der Waals surface area contributed by atoms with E-state index in [1.165, 1.54) is 98.7 Å². The number of hydrogen-bond acceptors (Lipinski definition) is 4. The van der Waals surface area contributed by atoms with Crippen LogP contribution >= 0.6 is 40.9 Å². The first-order valence-electron chi connectivity index (χ1n) is 32.1. The Labute approximate surface area is 588 Å². The van der Waals surface area contributed by atoms with Crippen LogP contribution in [0.5, 0.6) is 0 Å². The molecule has 0 bridgehead atoms. The van der Waals surface area contributed by atoms with Crippen molar-refractivity contribution in [3.63, 3.8) is 0 Å². The lowest BCUT2D eigenvalue weighted by molar-refractivity contribution is 1.29. The molecule has 0 amide bonds. The molecule has 15 rings (SSSR count). The lowest BCUT2D eigenvalue weighted by Crippen LogP contribution is -2.28. The fraction of sp³-hybridized carbons (Fsp3) is 0.0233. The van der Waals surface area contributed by atoms with Crippen LogP contribution in [-0.4, -0.2) is 16.1 Å². The minimum Gasteiger partial charge on any atom is -0.344 e. The summed E-state index contributed by atoms with van der Waals surface area (Å²) in [6, 6.07) is 131. The SMILES string of the molecule is C[Si]1(C)C(c2cccc(-c3ccccc3)c2)=C(c2ccccc2)C(c2ccccc2)=C1c1cccc(-c2ccccc2)c1.PP(P)P=S.[B]N=P.c1ccc(N(c2ccc(-c3ccc(N(c4ccccc4)c4cccc5ccccc45)cc3)cc2)c2cccc3ccccc23)cc1. The molecular weight excluding hydrogens is 1300 g/mol. The Bertz CT molecular complexity index is 4710. The van der Waals surface area contributed by atoms with Crippen LogP contribution in [0.15, 0.2) is 369 Å². The summed E-state index contributed by atoms with van der Waals surface area (Å²) in [5.41, 5.74) is 22.1. The molecule has 2 unspecified atom stereocenters. The Morgan fingerprint density at radius 2 is 0.577 bits per heavy atom. The maximum absolute atomic E-state index is 4.64. The van der Waals surface area contributed by atoms with Crippen LogP contribution in [0.2, 0.25) is 13.1 Å². The van der Waals surface area contributed by atoms with E-state index in [4.69, 9.17) is 0 Å². The zero-order valence-corrected chi connectivity index (χ0v) is 60.9. The second kappa shape index (κ2) is 32.7. The topological polar surface area (TPSA) is 18.8 Å². The molecule has 1 aliphatic rings. The molecule has 1 heterocycles. The zero-order chi connectivity index (χ0) is 66.9. The van der Waals surface area contributed by atoms with E-state index in [0.717, 1.165) is 41.2 Å². The van der Waals surface area contributed by atoms with Crippen molar-refractivity contribution in [2.75, 3.05) is 9.80 Å². The highest BCUT2D eigenvalue weighted by Crippen LogP contribution is 2.63. The third kappa shape index (κ3) is 15.8. The van der Waals surface area contributed by atoms with Gasteiger partial charge in [-0.2, -0.15) is 0 Å². The third-order valence-electron chi connectivity index (χ3n) is 17.4. The summed E-state index contributed by atoms with van der Waals surface area (Å²) >= 11 is 4.64. The van der Waals surface area contributed by atoms with E-state index in [9.17, 15) is 0 Å². The lowest BCUT2D eigenvalue weighted by atomic mass is 9.88. The van der Waals surface area contributed by atoms with Gasteiger partial charge in [0.05, 0.1) is 11.4 Å². The Morgan fingerprint density at radius 1 is 0.330 bits per heavy atom. The van der Waals surface area contributed by atoms with Crippen LogP contribution in [-0.2, 0) is 11.8 Å². The van der Waals surface area contributed by atoms with Crippen LogP contribution in [0.3, 0.4) is 0 Å². The van der Waals surface area contributed by atoms with E-state index < -0.39 is 8.07 Å². The number of nitrogens with zero attached hydrogens (tertiary/aromatic N) is 3. The number of hydrogen-bond donors (Lipinski definition) is 0. The molecule has 0 fully saturated rings. The Balaban J connectivity index is 0.000000167. The first-order chi connectivity index (χ1) is 47.6. The standard InChI is InChI=1S/C44H32N2.C42H34Si.BHNP.H4P4S/c1-3-17-37(18-4-1)45(43-23-11-15-35-13-7-9-21-41(35)43)39-29-25-33(26-30-39)34-27-31-40(32-28-34)46(38-19-5-2-6-20-38)44-24-12-16-36-14-8-10-22-42(36)44;1-43(2)41(37-27-15-25-35(29-37)31-17-7-3-8-18-31)39(33-21-11-5-12-22-33)40(34-23-13-6-14-24-34)42(43)38-28-16-26-36(30-38)32-19-9-4-10-20-32;1-2-3;1-4(2)3-5/h1-32H;3-30H,1-2H3;3H;1-2H2. The summed E-state index contributed by atoms with van der Waals surface area (Å²) in [6.07, 6.45) is 0. The number of fused-ring (bicyclic) bond motifs is 2. The summed E-state index contributed by atoms with van der Waals surface area (Å²) < 4.78 is 2.81. The summed E-state index contributed by atoms with van der Waals surface area (Å²) in [5.74, 6) is 0. The van der Waals surface area contributed by atoms with Gasteiger partial charge in [0, 0.05) is 40.6 Å². The smallest absolute Gasteiger partial charge is 0.265 e. The maximum Gasteiger partial charge on any atom is 0.265 e. The maximum atomic E-state index is 4.64. The molecule has 11 heteroatoms. The molecule has 14 aromatic carbocycles. The lowest BCUT2D eigenvalue weighted by Gasteiger charge is -2.27. The molecule has 468 valence electrons. The highest BCUT2D eigenvalue weighted by atomic mass is 32.9. The number of anilines is 6. The van der Waals surface area contributed by atoms with Gasteiger partial charge >= 0.3 is 0 Å². The molecule has 0 spiro atoms. The number of allylic oxidation sites excluding steroid dienone is 2. The van der Waals surface area contributed by atoms with E-state index >= 15 is 0 Å². The van der Waals surface area contributed by atoms with Gasteiger partial charge in [-0.25, -0.2) is 0 Å². The zero-order valence-electron chi connectivity index (χ0n) is 54.0. The van der Waals surface area contributed by atoms with E-state index in [2.05, 4.69) is 438 Å². The molecule has 14 aromatic rings. The first-order valence-corrected chi connectivity index (χ1v) is 42.8. The van der Waals surface area contributed by atoms with Crippen molar-refractivity contribution in [2.24, 2.45) is 4.66 Å². The molecule has 2 radical (unpaired) electrons. The Morgan fingerprint density at radius 3 is 0.918 bits per heavy atom. The van der Waals surface area contributed by atoms with Gasteiger partial charge in [-0.05, 0) is 177 Å². The highest BCUT2D eigenvalue weighted by Gasteiger charge is 2.44. The second-order valence-electron chi connectivity index (χ2n) is 23.8. The normalized spacial score (nSPS) is 12.2. The molecular formula is C86H71BN3P5SSi. The predicted molar refractivity (Wildman–Crippen MR) is 441 cm³/mol. The van der Waals surface area contributed by atoms with Crippen molar-refractivity contribution in [3.8, 4) is 33.4 Å². The van der Waals surface area contributed by atoms with E-state index in [1.807, 2.05) is 0 Å². The minimum atomic E-state index is -2.26. The molecule has 0 saturated heterocycles. The summed E-state index contributed by atoms with van der Waals surface area (Å²) in [4.78, 5) is 4.69. The number of benzene rings is 14. The van der Waals surface area contributed by atoms with Crippen molar-refractivity contribution in [2.45, 2.75) is 13.1 Å². The van der Waals surface area contributed by atoms with Gasteiger partial charge in [0.2, 0.25) is 0 Å². The van der Waals surface area contributed by atoms with Crippen molar-refractivity contribution in [3.05, 3.63) is 386 Å². The van der Waals surface area contributed by atoms with Gasteiger partial charge < -0.3 is 14.5 Å². The molecule has 0 N–H and O–H groups in total. The van der Waals surface area contributed by atoms with Gasteiger partial charge in [0.25, 0.3) is 7.98 Å². The van der Waals surface area contributed by atoms with Crippen molar-refractivity contribution < 1.29 is 0 Å². The van der Waals surface area contributed by atoms with Crippen LogP contribution in [0.25, 0.3) is 76.5 Å². The van der Waals surface area contributed by atoms with Crippen molar-refractivity contribution in [1.29, 1.82) is 0 Å². The summed E-state index contributed by atoms with van der Waals surface area (Å²) in [5, 5.41) is 7.90. The van der Waals surface area contributed by atoms with Crippen LogP contribution < -0.4 is 9.80 Å². The molecule has 0 saturated carbocycles. The molecule has 2 atom stereocenters. The third-order valence-corrected chi connectivity index (χ3v) is 28.5. The van der Waals surface area contributed by atoms with Crippen molar-refractivity contribution in [1.82, 2.24) is 0 Å². The molecule has 97 heavy (non-hydrogen) atoms. The van der Waals surface area contributed by atoms with Gasteiger partial charge in [0.15, 0.2) is 0 Å². The van der Waals surface area contributed by atoms with Crippen LogP contribution in [0, 0.1) is 0 Å². The van der Waals surface area contributed by atoms with Crippen molar-refractivity contribution >= 4 is 146 Å². The Kier molecular flexibility index (Phi) is 22.9. The quantitative estimate of drug-likeness (QED) is 0.0799. The Hall–Kier alpha value is -9.13. The van der Waals surface area contributed by atoms with Gasteiger partial charge in [-0.3, -0.25) is 0 Å². The second-order valence-corrected chi connectivity index (χ2v) is 40.3. The summed E-state index contributed by atoms with van der Waals surface area (Å²) in [6.45, 7) is 5.11. The monoisotopic (exact) mass is 1370 g/mol. The highest BCUT2D eigenvalue weighted by molar-refractivity contribution is 8.73. The predicted octanol–water partition coefficient (Wildman–Crippen LogP) is 26.7. The number of para-hydroxylation sites is 2.